The summed E-state index contributed by atoms with van der Waals surface area (Å²) in [5.74, 6) is 0.723. The highest BCUT2D eigenvalue weighted by Gasteiger charge is 2.21. The molecular weight excluding hydrogens is 262 g/mol. The Morgan fingerprint density at radius 2 is 1.90 bits per heavy atom. The number of rotatable bonds is 7. The van der Waals surface area contributed by atoms with Crippen LogP contribution in [-0.4, -0.2) is 23.6 Å². The lowest BCUT2D eigenvalue weighted by atomic mass is 10.0. The average molecular weight is 291 g/mol. The van der Waals surface area contributed by atoms with E-state index in [1.54, 1.807) is 0 Å². The lowest BCUT2D eigenvalue weighted by Gasteiger charge is -2.35. The van der Waals surface area contributed by atoms with Crippen molar-refractivity contribution >= 4 is 11.5 Å². The molecule has 0 radical (unpaired) electrons. The van der Waals surface area contributed by atoms with Crippen LogP contribution in [0.25, 0.3) is 0 Å². The number of oxime groups is 1. The zero-order valence-corrected chi connectivity index (χ0v) is 13.9. The van der Waals surface area contributed by atoms with E-state index in [1.807, 2.05) is 13.0 Å². The van der Waals surface area contributed by atoms with Crippen molar-refractivity contribution in [2.45, 2.75) is 53.5 Å². The van der Waals surface area contributed by atoms with Gasteiger partial charge in [-0.15, -0.1) is 0 Å². The summed E-state index contributed by atoms with van der Waals surface area (Å²) in [6.45, 7) is 11.8. The molecule has 0 saturated heterocycles. The normalized spacial score (nSPS) is 12.2. The van der Waals surface area contributed by atoms with Crippen molar-refractivity contribution in [3.05, 3.63) is 29.3 Å². The molecule has 0 bridgehead atoms. The number of hydrogen-bond acceptors (Lipinski definition) is 3. The number of hydrogen-bond donors (Lipinski definition) is 2. The van der Waals surface area contributed by atoms with E-state index in [2.05, 4.69) is 49.9 Å². The standard InChI is InChI=1S/C17H29N3O/c1-6-14(7-2)20(11-12(3)4)16-9-8-13(5)10-15(16)17(18)19-21/h8-10,12,14,21H,6-7,11H2,1-5H3,(H2,18,19). The molecule has 118 valence electrons. The van der Waals surface area contributed by atoms with Crippen LogP contribution in [0.4, 0.5) is 5.69 Å². The molecule has 0 unspecified atom stereocenters. The van der Waals surface area contributed by atoms with E-state index < -0.39 is 0 Å². The Bertz CT molecular complexity index is 479. The lowest BCUT2D eigenvalue weighted by molar-refractivity contribution is 0.318. The van der Waals surface area contributed by atoms with Crippen LogP contribution < -0.4 is 10.6 Å². The van der Waals surface area contributed by atoms with E-state index in [0.717, 1.165) is 36.2 Å². The third-order valence-corrected chi connectivity index (χ3v) is 3.79. The third kappa shape index (κ3) is 4.38. The monoisotopic (exact) mass is 291 g/mol. The highest BCUT2D eigenvalue weighted by atomic mass is 16.4. The van der Waals surface area contributed by atoms with Crippen LogP contribution >= 0.6 is 0 Å². The highest BCUT2D eigenvalue weighted by molar-refractivity contribution is 6.02. The maximum Gasteiger partial charge on any atom is 0.172 e. The summed E-state index contributed by atoms with van der Waals surface area (Å²) in [7, 11) is 0. The van der Waals surface area contributed by atoms with Gasteiger partial charge in [0, 0.05) is 23.8 Å². The summed E-state index contributed by atoms with van der Waals surface area (Å²) in [5.41, 5.74) is 8.86. The van der Waals surface area contributed by atoms with E-state index in [9.17, 15) is 0 Å². The first-order valence-electron chi connectivity index (χ1n) is 7.79. The minimum atomic E-state index is 0.174. The molecule has 0 spiro atoms. The van der Waals surface area contributed by atoms with Crippen LogP contribution in [0.1, 0.15) is 51.7 Å². The van der Waals surface area contributed by atoms with Crippen LogP contribution in [0.15, 0.2) is 23.4 Å². The van der Waals surface area contributed by atoms with E-state index in [-0.39, 0.29) is 5.84 Å². The number of amidine groups is 1. The zero-order valence-electron chi connectivity index (χ0n) is 13.9. The van der Waals surface area contributed by atoms with Gasteiger partial charge in [0.05, 0.1) is 0 Å². The number of aryl methyl sites for hydroxylation is 1. The summed E-state index contributed by atoms with van der Waals surface area (Å²) in [6, 6.07) is 6.61. The second-order valence-corrected chi connectivity index (χ2v) is 6.02. The summed E-state index contributed by atoms with van der Waals surface area (Å²) in [6.07, 6.45) is 2.15. The minimum Gasteiger partial charge on any atom is -0.409 e. The first kappa shape index (κ1) is 17.3. The lowest BCUT2D eigenvalue weighted by Crippen LogP contribution is -2.38. The number of benzene rings is 1. The fourth-order valence-corrected chi connectivity index (χ4v) is 2.73. The van der Waals surface area contributed by atoms with Crippen molar-refractivity contribution < 1.29 is 5.21 Å². The quantitative estimate of drug-likeness (QED) is 0.348. The summed E-state index contributed by atoms with van der Waals surface area (Å²) in [4.78, 5) is 2.40. The molecule has 4 nitrogen and oxygen atoms in total. The predicted octanol–water partition coefficient (Wildman–Crippen LogP) is 3.74. The first-order chi connectivity index (χ1) is 9.94. The number of anilines is 1. The van der Waals surface area contributed by atoms with Gasteiger partial charge in [-0.25, -0.2) is 0 Å². The topological polar surface area (TPSA) is 61.8 Å². The van der Waals surface area contributed by atoms with Gasteiger partial charge in [0.25, 0.3) is 0 Å². The van der Waals surface area contributed by atoms with Crippen LogP contribution in [0.5, 0.6) is 0 Å². The molecule has 0 heterocycles. The van der Waals surface area contributed by atoms with Gasteiger partial charge < -0.3 is 15.8 Å². The molecule has 3 N–H and O–H groups in total. The Balaban J connectivity index is 3.35. The largest absolute Gasteiger partial charge is 0.409 e. The first-order valence-corrected chi connectivity index (χ1v) is 7.79. The summed E-state index contributed by atoms with van der Waals surface area (Å²) in [5, 5.41) is 12.3. The van der Waals surface area contributed by atoms with Crippen molar-refractivity contribution in [3.8, 4) is 0 Å². The van der Waals surface area contributed by atoms with Gasteiger partial charge in [-0.3, -0.25) is 0 Å². The Morgan fingerprint density at radius 3 is 2.38 bits per heavy atom. The van der Waals surface area contributed by atoms with Gasteiger partial charge in [-0.1, -0.05) is 44.5 Å². The van der Waals surface area contributed by atoms with Gasteiger partial charge in [0.1, 0.15) is 0 Å². The molecule has 4 heteroatoms. The second kappa shape index (κ2) is 7.91. The minimum absolute atomic E-state index is 0.174. The molecule has 1 rings (SSSR count). The Hall–Kier alpha value is -1.71. The molecule has 0 saturated carbocycles. The zero-order chi connectivity index (χ0) is 16.0. The van der Waals surface area contributed by atoms with Crippen molar-refractivity contribution in [2.75, 3.05) is 11.4 Å². The maximum absolute atomic E-state index is 9.06. The SMILES string of the molecule is CCC(CC)N(CC(C)C)c1ccc(C)cc1/C(N)=N/O. The number of nitrogens with zero attached hydrogens (tertiary/aromatic N) is 2. The smallest absolute Gasteiger partial charge is 0.172 e. The highest BCUT2D eigenvalue weighted by Crippen LogP contribution is 2.27. The summed E-state index contributed by atoms with van der Waals surface area (Å²) >= 11 is 0. The molecule has 1 aromatic rings. The van der Waals surface area contributed by atoms with Crippen LogP contribution in [0, 0.1) is 12.8 Å². The molecule has 0 aliphatic rings. The fraction of sp³-hybridized carbons (Fsp3) is 0.588. The number of nitrogens with two attached hydrogens (primary N) is 1. The molecule has 0 atom stereocenters. The Morgan fingerprint density at radius 1 is 1.29 bits per heavy atom. The Labute approximate surface area is 128 Å². The van der Waals surface area contributed by atoms with Gasteiger partial charge >= 0.3 is 0 Å². The third-order valence-electron chi connectivity index (χ3n) is 3.79. The molecular formula is C17H29N3O. The van der Waals surface area contributed by atoms with Crippen molar-refractivity contribution in [2.24, 2.45) is 16.8 Å². The van der Waals surface area contributed by atoms with E-state index in [1.165, 1.54) is 0 Å². The van der Waals surface area contributed by atoms with Gasteiger partial charge in [0.2, 0.25) is 0 Å². The molecule has 0 aliphatic heterocycles. The Kier molecular flexibility index (Phi) is 6.53. The van der Waals surface area contributed by atoms with Gasteiger partial charge in [0.15, 0.2) is 5.84 Å². The molecule has 0 fully saturated rings. The predicted molar refractivity (Wildman–Crippen MR) is 90.2 cm³/mol. The summed E-state index contributed by atoms with van der Waals surface area (Å²) < 4.78 is 0. The second-order valence-electron chi connectivity index (χ2n) is 6.02. The average Bonchev–Trinajstić information content (AvgIpc) is 2.46. The van der Waals surface area contributed by atoms with Crippen LogP contribution in [-0.2, 0) is 0 Å². The van der Waals surface area contributed by atoms with E-state index >= 15 is 0 Å². The van der Waals surface area contributed by atoms with Crippen molar-refractivity contribution in [1.82, 2.24) is 0 Å². The van der Waals surface area contributed by atoms with Crippen molar-refractivity contribution in [1.29, 1.82) is 0 Å². The van der Waals surface area contributed by atoms with Crippen LogP contribution in [0.2, 0.25) is 0 Å². The van der Waals surface area contributed by atoms with Gasteiger partial charge in [-0.2, -0.15) is 0 Å². The fourth-order valence-electron chi connectivity index (χ4n) is 2.73. The molecule has 0 aromatic heterocycles. The van der Waals surface area contributed by atoms with Gasteiger partial charge in [-0.05, 0) is 37.8 Å². The molecule has 0 aliphatic carbocycles. The van der Waals surface area contributed by atoms with E-state index in [0.29, 0.717) is 12.0 Å². The van der Waals surface area contributed by atoms with Crippen LogP contribution in [0.3, 0.4) is 0 Å². The van der Waals surface area contributed by atoms with Crippen molar-refractivity contribution in [3.63, 3.8) is 0 Å². The van der Waals surface area contributed by atoms with E-state index in [4.69, 9.17) is 10.9 Å². The maximum atomic E-state index is 9.06. The molecule has 21 heavy (non-hydrogen) atoms. The molecule has 1 aromatic carbocycles. The molecule has 0 amide bonds.